The van der Waals surface area contributed by atoms with Crippen molar-refractivity contribution in [3.63, 3.8) is 0 Å². The van der Waals surface area contributed by atoms with E-state index < -0.39 is 142 Å². The minimum absolute atomic E-state index is 0.0251. The van der Waals surface area contributed by atoms with Gasteiger partial charge in [0.1, 0.15) is 103 Å². The van der Waals surface area contributed by atoms with Gasteiger partial charge < -0.3 is 109 Å². The summed E-state index contributed by atoms with van der Waals surface area (Å²) >= 11 is 0. The maximum absolute atomic E-state index is 12.4. The Bertz CT molecular complexity index is 1890. The fourth-order valence-corrected chi connectivity index (χ4v) is 15.1. The Morgan fingerprint density at radius 2 is 1.19 bits per heavy atom. The molecule has 4 aliphatic carbocycles. The van der Waals surface area contributed by atoms with E-state index in [9.17, 15) is 66.4 Å². The normalized spacial score (nSPS) is 56.0. The minimum Gasteiger partial charge on any atom is -0.492 e. The highest BCUT2D eigenvalue weighted by atomic mass is 16.8. The van der Waals surface area contributed by atoms with Crippen LogP contribution in [-0.2, 0) is 42.6 Å². The third kappa shape index (κ3) is 10.2. The van der Waals surface area contributed by atoms with Crippen molar-refractivity contribution in [2.24, 2.45) is 46.3 Å². The predicted molar refractivity (Wildman–Crippen MR) is 249 cm³/mol. The summed E-state index contributed by atoms with van der Waals surface area (Å²) in [6.45, 7) is 10.7. The van der Waals surface area contributed by atoms with E-state index in [0.29, 0.717) is 42.8 Å². The number of ether oxygens (including phenoxy) is 9. The van der Waals surface area contributed by atoms with Gasteiger partial charge >= 0.3 is 0 Å². The Labute approximate surface area is 426 Å². The van der Waals surface area contributed by atoms with Crippen LogP contribution in [0.3, 0.4) is 0 Å². The molecule has 0 bridgehead atoms. The quantitative estimate of drug-likeness (QED) is 0.0889. The number of aliphatic hydroxyl groups excluding tert-OH is 12. The summed E-state index contributed by atoms with van der Waals surface area (Å²) in [6.07, 6.45) is -19.6. The molecule has 0 unspecified atom stereocenters. The molecule has 4 saturated carbocycles. The van der Waals surface area contributed by atoms with Crippen LogP contribution >= 0.6 is 0 Å². The zero-order valence-electron chi connectivity index (χ0n) is 42.7. The molecule has 420 valence electrons. The lowest BCUT2D eigenvalue weighted by Crippen LogP contribution is -2.65. The number of hydrogen-bond acceptors (Lipinski definition) is 22. The van der Waals surface area contributed by atoms with E-state index in [2.05, 4.69) is 13.8 Å². The van der Waals surface area contributed by atoms with E-state index in [0.717, 1.165) is 38.5 Å². The zero-order chi connectivity index (χ0) is 52.8. The van der Waals surface area contributed by atoms with Gasteiger partial charge in [0.15, 0.2) is 25.2 Å². The fraction of sp³-hybridized carbons (Fsp3) is 0.961. The summed E-state index contributed by atoms with van der Waals surface area (Å²) in [6, 6.07) is 0. The molecule has 73 heavy (non-hydrogen) atoms. The van der Waals surface area contributed by atoms with Gasteiger partial charge in [0.2, 0.25) is 0 Å². The second-order valence-corrected chi connectivity index (χ2v) is 24.0. The van der Waals surface area contributed by atoms with Gasteiger partial charge in [0, 0.05) is 5.92 Å². The van der Waals surface area contributed by atoms with Crippen LogP contribution in [0.2, 0.25) is 0 Å². The highest BCUT2D eigenvalue weighted by Crippen LogP contribution is 2.71. The second-order valence-electron chi connectivity index (χ2n) is 24.0. The molecule has 0 aromatic carbocycles. The molecule has 5 heterocycles. The molecule has 0 radical (unpaired) electrons. The van der Waals surface area contributed by atoms with Crippen LogP contribution in [0.4, 0.5) is 0 Å². The minimum atomic E-state index is -1.72. The third-order valence-electron chi connectivity index (χ3n) is 19.4. The maximum atomic E-state index is 12.4. The van der Waals surface area contributed by atoms with Gasteiger partial charge in [-0.3, -0.25) is 0 Å². The van der Waals surface area contributed by atoms with Crippen molar-refractivity contribution in [1.82, 2.24) is 0 Å². The molecule has 31 atom stereocenters. The molecule has 0 spiro atoms. The average Bonchev–Trinajstić information content (AvgIpc) is 3.81. The van der Waals surface area contributed by atoms with Gasteiger partial charge in [0.05, 0.1) is 38.1 Å². The van der Waals surface area contributed by atoms with Gasteiger partial charge in [-0.25, -0.2) is 0 Å². The number of hydrogen-bond donors (Lipinski definition) is 13. The van der Waals surface area contributed by atoms with E-state index in [-0.39, 0.29) is 47.4 Å². The molecule has 22 nitrogen and oxygen atoms in total. The fourth-order valence-electron chi connectivity index (χ4n) is 15.1. The van der Waals surface area contributed by atoms with Crippen molar-refractivity contribution < 1.29 is 109 Å². The van der Waals surface area contributed by atoms with Gasteiger partial charge in [-0.15, -0.1) is 0 Å². The topological polar surface area (TPSA) is 346 Å². The number of rotatable bonds is 13. The Balaban J connectivity index is 0.837. The van der Waals surface area contributed by atoms with Gasteiger partial charge in [-0.05, 0) is 125 Å². The monoisotopic (exact) mass is 1050 g/mol. The van der Waals surface area contributed by atoms with Crippen molar-refractivity contribution >= 4 is 0 Å². The molecular formula is C51H84O22. The summed E-state index contributed by atoms with van der Waals surface area (Å²) in [5.74, 6) is 1.79. The largest absolute Gasteiger partial charge is 0.492 e. The highest BCUT2D eigenvalue weighted by molar-refractivity contribution is 5.26. The Kier molecular flexibility index (Phi) is 16.8. The first-order valence-electron chi connectivity index (χ1n) is 26.8. The van der Waals surface area contributed by atoms with Crippen molar-refractivity contribution in [2.45, 2.75) is 240 Å². The van der Waals surface area contributed by atoms with Crippen LogP contribution in [0.15, 0.2) is 11.8 Å². The lowest BCUT2D eigenvalue weighted by atomic mass is 9.44. The van der Waals surface area contributed by atoms with E-state index in [1.807, 2.05) is 19.9 Å². The summed E-state index contributed by atoms with van der Waals surface area (Å²) in [5.41, 5.74) is -1.40. The molecule has 22 heteroatoms. The second kappa shape index (κ2) is 21.7. The van der Waals surface area contributed by atoms with Crippen molar-refractivity contribution in [2.75, 3.05) is 19.8 Å². The van der Waals surface area contributed by atoms with Crippen molar-refractivity contribution in [3.05, 3.63) is 11.8 Å². The van der Waals surface area contributed by atoms with Crippen molar-refractivity contribution in [3.8, 4) is 0 Å². The van der Waals surface area contributed by atoms with E-state index in [1.54, 1.807) is 0 Å². The first kappa shape index (κ1) is 56.4. The van der Waals surface area contributed by atoms with Gasteiger partial charge in [-0.2, -0.15) is 0 Å². The van der Waals surface area contributed by atoms with Crippen LogP contribution < -0.4 is 0 Å². The molecule has 0 amide bonds. The standard InChI is InChI=1S/C51H84O22/c1-20(18-65-46-41(62)38(59)34(55)29(17-52)71-46)7-10-31-51(6,64)44-28(70-31)16-27-25-9-8-23-15-24(11-13-49(23,4)26(25)12-14-50(27,44)5)69-48-43(73-47-42(63)37(58)33(54)22(3)68-47)39(60)35(56)30(72-48)19-66-45-40(61)36(57)32(53)21(2)67-45/h10,20-30,32-48,52-64H,7-9,11-19H2,1-6H3/b31-10-/t20-,21-,22-,23-,24-,25-,26-,27+,28+,29+,30+,32-,33-,34+,35+,36+,37+,38-,39-,40+,41+,42+,43+,44+,45+,46+,47-,48+,49-,50-,51+/m0/s1. The van der Waals surface area contributed by atoms with Gasteiger partial charge in [-0.1, -0.05) is 20.8 Å². The van der Waals surface area contributed by atoms with E-state index in [4.69, 9.17) is 42.6 Å². The number of allylic oxidation sites excluding steroid dienone is 1. The SMILES string of the molecule is C[C@@H](C/C=C1\O[C@@H]2C[C@@H]3[C@H]4CC[C@H]5C[C@@H](O[C@@H]6O[C@H](CO[C@@H]7O[C@@H](C)[C@H](O)[C@@H](O)[C@H]7O)[C@@H](O)[C@H](O)[C@H]6O[C@@H]6O[C@@H](C)[C@H](O)[C@@H](O)[C@H]6O)CC[C@]5(C)[C@H]4CC[C@]3(C)[C@@H]2[C@]1(C)O)CO[C@@H]1O[C@H](CO)[C@@H](O)[C@H](O)[C@H]1O. The highest BCUT2D eigenvalue weighted by Gasteiger charge is 2.69. The molecule has 9 aliphatic rings. The van der Waals surface area contributed by atoms with Crippen LogP contribution in [-0.4, -0.2) is 227 Å². The lowest BCUT2D eigenvalue weighted by Gasteiger charge is -2.61. The molecular weight excluding hydrogens is 965 g/mol. The summed E-state index contributed by atoms with van der Waals surface area (Å²) in [7, 11) is 0. The molecule has 0 aromatic rings. The summed E-state index contributed by atoms with van der Waals surface area (Å²) in [4.78, 5) is 0. The Morgan fingerprint density at radius 1 is 0.603 bits per heavy atom. The molecule has 0 aromatic heterocycles. The average molecular weight is 1050 g/mol. The van der Waals surface area contributed by atoms with Gasteiger partial charge in [0.25, 0.3) is 0 Å². The molecule has 5 aliphatic heterocycles. The number of fused-ring (bicyclic) bond motifs is 7. The number of aliphatic hydroxyl groups is 13. The van der Waals surface area contributed by atoms with Crippen molar-refractivity contribution in [1.29, 1.82) is 0 Å². The lowest BCUT2D eigenvalue weighted by molar-refractivity contribution is -0.375. The molecule has 13 N–H and O–H groups in total. The smallest absolute Gasteiger partial charge is 0.187 e. The zero-order valence-corrected chi connectivity index (χ0v) is 42.7. The predicted octanol–water partition coefficient (Wildman–Crippen LogP) is -1.98. The van der Waals surface area contributed by atoms with Crippen LogP contribution in [0, 0.1) is 46.3 Å². The third-order valence-corrected chi connectivity index (χ3v) is 19.4. The summed E-state index contributed by atoms with van der Waals surface area (Å²) < 4.78 is 54.2. The van der Waals surface area contributed by atoms with E-state index >= 15 is 0 Å². The first-order valence-corrected chi connectivity index (χ1v) is 26.8. The Morgan fingerprint density at radius 3 is 1.86 bits per heavy atom. The van der Waals surface area contributed by atoms with Crippen LogP contribution in [0.1, 0.15) is 99.3 Å². The Hall–Kier alpha value is -1.30. The molecule has 9 fully saturated rings. The van der Waals surface area contributed by atoms with Crippen LogP contribution in [0.25, 0.3) is 0 Å². The molecule has 9 rings (SSSR count). The summed E-state index contributed by atoms with van der Waals surface area (Å²) in [5, 5.41) is 139. The molecule has 5 saturated heterocycles. The van der Waals surface area contributed by atoms with Crippen LogP contribution in [0.5, 0.6) is 0 Å². The van der Waals surface area contributed by atoms with E-state index in [1.165, 1.54) is 13.8 Å². The first-order chi connectivity index (χ1) is 34.4. The maximum Gasteiger partial charge on any atom is 0.187 e.